The van der Waals surface area contributed by atoms with Crippen LogP contribution in [0, 0.1) is 6.92 Å². The van der Waals surface area contributed by atoms with Crippen molar-refractivity contribution in [2.24, 2.45) is 0 Å². The summed E-state index contributed by atoms with van der Waals surface area (Å²) in [5.41, 5.74) is 2.06. The lowest BCUT2D eigenvalue weighted by Gasteiger charge is -2.07. The SMILES string of the molecule is Cc1nccn1-c1ccc(CNS(=O)(=O)c2nnc(NC(=O)c3ccc(Cl)cc3)s2)cc1. The maximum atomic E-state index is 12.6. The van der Waals surface area contributed by atoms with Crippen molar-refractivity contribution in [1.29, 1.82) is 0 Å². The van der Waals surface area contributed by atoms with Crippen molar-refractivity contribution in [3.05, 3.63) is 82.9 Å². The van der Waals surface area contributed by atoms with Gasteiger partial charge in [0.2, 0.25) is 9.47 Å². The lowest BCUT2D eigenvalue weighted by molar-refractivity contribution is 0.102. The van der Waals surface area contributed by atoms with E-state index >= 15 is 0 Å². The fourth-order valence-corrected chi connectivity index (χ4v) is 4.88. The molecule has 164 valence electrons. The van der Waals surface area contributed by atoms with Gasteiger partial charge in [-0.3, -0.25) is 10.1 Å². The fourth-order valence-electron chi connectivity index (χ4n) is 2.80. The number of benzene rings is 2. The average Bonchev–Trinajstić information content (AvgIpc) is 3.43. The third kappa shape index (κ3) is 5.02. The molecule has 0 saturated carbocycles. The number of nitrogens with one attached hydrogen (secondary N) is 2. The van der Waals surface area contributed by atoms with E-state index in [-0.39, 0.29) is 16.0 Å². The van der Waals surface area contributed by atoms with E-state index < -0.39 is 15.9 Å². The van der Waals surface area contributed by atoms with Crippen LogP contribution in [-0.2, 0) is 16.6 Å². The number of imidazole rings is 1. The summed E-state index contributed by atoms with van der Waals surface area (Å²) in [6, 6.07) is 13.7. The average molecular weight is 489 g/mol. The summed E-state index contributed by atoms with van der Waals surface area (Å²) in [5.74, 6) is 0.414. The predicted molar refractivity (Wildman–Crippen MR) is 122 cm³/mol. The van der Waals surface area contributed by atoms with Crippen molar-refractivity contribution in [1.82, 2.24) is 24.5 Å². The first-order valence-electron chi connectivity index (χ1n) is 9.31. The quantitative estimate of drug-likeness (QED) is 0.385. The molecule has 0 atom stereocenters. The van der Waals surface area contributed by atoms with Gasteiger partial charge in [-0.2, -0.15) is 0 Å². The lowest BCUT2D eigenvalue weighted by Crippen LogP contribution is -2.23. The third-order valence-electron chi connectivity index (χ3n) is 4.47. The van der Waals surface area contributed by atoms with Gasteiger partial charge in [0, 0.05) is 35.2 Å². The number of carbonyl (C=O) groups excluding carboxylic acids is 1. The summed E-state index contributed by atoms with van der Waals surface area (Å²) >= 11 is 6.57. The Morgan fingerprint density at radius 1 is 1.09 bits per heavy atom. The second-order valence-corrected chi connectivity index (χ2v) is 10.0. The van der Waals surface area contributed by atoms with Crippen molar-refractivity contribution in [2.75, 3.05) is 5.32 Å². The van der Waals surface area contributed by atoms with E-state index in [1.807, 2.05) is 42.0 Å². The summed E-state index contributed by atoms with van der Waals surface area (Å²) in [4.78, 5) is 16.4. The van der Waals surface area contributed by atoms with Crippen LogP contribution in [0.5, 0.6) is 0 Å². The number of hydrogen-bond donors (Lipinski definition) is 2. The van der Waals surface area contributed by atoms with Crippen molar-refractivity contribution in [3.63, 3.8) is 0 Å². The van der Waals surface area contributed by atoms with Gasteiger partial charge in [0.25, 0.3) is 15.9 Å². The van der Waals surface area contributed by atoms with E-state index in [2.05, 4.69) is 25.2 Å². The molecule has 4 aromatic rings. The molecule has 32 heavy (non-hydrogen) atoms. The molecule has 2 N–H and O–H groups in total. The molecule has 9 nitrogen and oxygen atoms in total. The van der Waals surface area contributed by atoms with Crippen LogP contribution in [0.2, 0.25) is 5.02 Å². The summed E-state index contributed by atoms with van der Waals surface area (Å²) in [7, 11) is -3.89. The monoisotopic (exact) mass is 488 g/mol. The number of nitrogens with zero attached hydrogens (tertiary/aromatic N) is 4. The summed E-state index contributed by atoms with van der Waals surface area (Å²) in [6.07, 6.45) is 3.57. The van der Waals surface area contributed by atoms with Crippen LogP contribution < -0.4 is 10.0 Å². The molecule has 2 aromatic heterocycles. The molecule has 4 rings (SSSR count). The zero-order valence-corrected chi connectivity index (χ0v) is 19.1. The van der Waals surface area contributed by atoms with Gasteiger partial charge in [-0.15, -0.1) is 10.2 Å². The Hall–Kier alpha value is -3.12. The van der Waals surface area contributed by atoms with Crippen molar-refractivity contribution >= 4 is 44.0 Å². The highest BCUT2D eigenvalue weighted by molar-refractivity contribution is 7.91. The van der Waals surface area contributed by atoms with Crippen molar-refractivity contribution in [2.45, 2.75) is 17.8 Å². The Kier molecular flexibility index (Phi) is 6.33. The van der Waals surface area contributed by atoms with E-state index in [0.29, 0.717) is 10.6 Å². The molecule has 0 unspecified atom stereocenters. The van der Waals surface area contributed by atoms with E-state index in [4.69, 9.17) is 11.6 Å². The standard InChI is InChI=1S/C20H17ClN6O3S2/c1-13-22-10-11-27(13)17-8-2-14(3-9-17)12-23-32(29,30)20-26-25-19(31-20)24-18(28)15-4-6-16(21)7-5-15/h2-11,23H,12H2,1H3,(H,24,25,28). The van der Waals surface area contributed by atoms with Crippen LogP contribution in [0.1, 0.15) is 21.7 Å². The number of aryl methyl sites for hydroxylation is 1. The van der Waals surface area contributed by atoms with Gasteiger partial charge in [0.15, 0.2) is 0 Å². The molecule has 0 radical (unpaired) electrons. The van der Waals surface area contributed by atoms with Crippen LogP contribution in [-0.4, -0.2) is 34.1 Å². The highest BCUT2D eigenvalue weighted by atomic mass is 35.5. The first-order chi connectivity index (χ1) is 15.3. The smallest absolute Gasteiger partial charge is 0.270 e. The van der Waals surface area contributed by atoms with Crippen molar-refractivity contribution < 1.29 is 13.2 Å². The molecule has 1 amide bonds. The number of hydrogen-bond acceptors (Lipinski definition) is 7. The Balaban J connectivity index is 1.39. The van der Waals surface area contributed by atoms with Crippen LogP contribution in [0.25, 0.3) is 5.69 Å². The van der Waals surface area contributed by atoms with Gasteiger partial charge in [0.1, 0.15) is 5.82 Å². The molecule has 0 aliphatic rings. The Morgan fingerprint density at radius 2 is 1.81 bits per heavy atom. The Labute approximate surface area is 193 Å². The maximum Gasteiger partial charge on any atom is 0.270 e. The molecule has 12 heteroatoms. The van der Waals surface area contributed by atoms with Gasteiger partial charge >= 0.3 is 0 Å². The number of sulfonamides is 1. The summed E-state index contributed by atoms with van der Waals surface area (Å²) in [6.45, 7) is 1.98. The molecule has 0 spiro atoms. The maximum absolute atomic E-state index is 12.6. The minimum Gasteiger partial charge on any atom is -0.304 e. The van der Waals surface area contributed by atoms with Gasteiger partial charge in [-0.25, -0.2) is 18.1 Å². The minimum absolute atomic E-state index is 0.0744. The highest BCUT2D eigenvalue weighted by Crippen LogP contribution is 2.21. The van der Waals surface area contributed by atoms with E-state index in [9.17, 15) is 13.2 Å². The second kappa shape index (κ2) is 9.17. The number of rotatable bonds is 7. The third-order valence-corrected chi connectivity index (χ3v) is 7.33. The molecule has 0 aliphatic heterocycles. The molecule has 2 aromatic carbocycles. The molecular formula is C20H17ClN6O3S2. The lowest BCUT2D eigenvalue weighted by atomic mass is 10.2. The number of carbonyl (C=O) groups is 1. The van der Waals surface area contributed by atoms with Crippen LogP contribution in [0.15, 0.2) is 65.3 Å². The van der Waals surface area contributed by atoms with Crippen molar-refractivity contribution in [3.8, 4) is 5.69 Å². The first kappa shape index (κ1) is 22.1. The van der Waals surface area contributed by atoms with Gasteiger partial charge < -0.3 is 4.57 Å². The fraction of sp³-hybridized carbons (Fsp3) is 0.100. The Morgan fingerprint density at radius 3 is 2.47 bits per heavy atom. The molecular weight excluding hydrogens is 472 g/mol. The zero-order chi connectivity index (χ0) is 22.7. The van der Waals surface area contributed by atoms with Gasteiger partial charge in [-0.1, -0.05) is 35.1 Å². The number of halogens is 1. The van der Waals surface area contributed by atoms with E-state index in [1.54, 1.807) is 30.5 Å². The molecule has 0 fully saturated rings. The topological polar surface area (TPSA) is 119 Å². The number of amides is 1. The Bertz CT molecular complexity index is 1350. The number of anilines is 1. The van der Waals surface area contributed by atoms with Gasteiger partial charge in [0.05, 0.1) is 0 Å². The van der Waals surface area contributed by atoms with E-state index in [0.717, 1.165) is 28.4 Å². The normalized spacial score (nSPS) is 11.4. The van der Waals surface area contributed by atoms with E-state index in [1.165, 1.54) is 0 Å². The van der Waals surface area contributed by atoms with Crippen LogP contribution >= 0.6 is 22.9 Å². The largest absolute Gasteiger partial charge is 0.304 e. The summed E-state index contributed by atoms with van der Waals surface area (Å²) in [5, 5.41) is 10.6. The van der Waals surface area contributed by atoms with Crippen LogP contribution in [0.3, 0.4) is 0 Å². The predicted octanol–water partition coefficient (Wildman–Crippen LogP) is 3.42. The summed E-state index contributed by atoms with van der Waals surface area (Å²) < 4.78 is 29.3. The molecule has 0 saturated heterocycles. The highest BCUT2D eigenvalue weighted by Gasteiger charge is 2.21. The molecule has 2 heterocycles. The zero-order valence-electron chi connectivity index (χ0n) is 16.7. The first-order valence-corrected chi connectivity index (χ1v) is 12.0. The second-order valence-electron chi connectivity index (χ2n) is 6.67. The molecule has 0 bridgehead atoms. The minimum atomic E-state index is -3.89. The number of aromatic nitrogens is 4. The van der Waals surface area contributed by atoms with Gasteiger partial charge in [-0.05, 0) is 48.9 Å². The molecule has 0 aliphatic carbocycles. The van der Waals surface area contributed by atoms with Crippen LogP contribution in [0.4, 0.5) is 5.13 Å².